The summed E-state index contributed by atoms with van der Waals surface area (Å²) < 4.78 is 70.4. The van der Waals surface area contributed by atoms with Crippen molar-refractivity contribution >= 4 is 17.6 Å². The molecule has 0 atom stereocenters. The number of nitrogens with zero attached hydrogens (tertiary/aromatic N) is 5. The largest absolute Gasteiger partial charge is 0.417 e. The number of aromatic nitrogens is 4. The second-order valence-corrected chi connectivity index (χ2v) is 8.35. The molecule has 0 aliphatic carbocycles. The number of hydrogen-bond acceptors (Lipinski definition) is 5. The average molecular weight is 528 g/mol. The van der Waals surface area contributed by atoms with E-state index in [1.54, 1.807) is 0 Å². The van der Waals surface area contributed by atoms with E-state index in [2.05, 4.69) is 20.4 Å². The maximum atomic E-state index is 14.9. The number of nitrogens with one attached hydrogen (secondary N) is 1. The molecule has 2 aromatic heterocycles. The van der Waals surface area contributed by atoms with E-state index >= 15 is 0 Å². The minimum Gasteiger partial charge on any atom is -0.337 e. The molecule has 0 saturated carbocycles. The SMILES string of the molecule is O=C(Nc1cc(C(=O)N2CCC2)nn1-c1ccc(F)cc1)c1cc(-c2ncccn2)c(C(F)(F)F)cc1F. The fraction of sp³-hybridized carbons (Fsp3) is 0.160. The molecule has 0 spiro atoms. The molecule has 1 N–H and O–H groups in total. The Labute approximate surface area is 211 Å². The van der Waals surface area contributed by atoms with Crippen molar-refractivity contribution < 1.29 is 31.5 Å². The van der Waals surface area contributed by atoms with Gasteiger partial charge < -0.3 is 10.2 Å². The molecule has 3 heterocycles. The first-order valence-electron chi connectivity index (χ1n) is 11.3. The van der Waals surface area contributed by atoms with Crippen LogP contribution < -0.4 is 5.32 Å². The number of carbonyl (C=O) groups is 2. The Bertz CT molecular complexity index is 1520. The Morgan fingerprint density at radius 1 is 0.947 bits per heavy atom. The first-order valence-corrected chi connectivity index (χ1v) is 11.3. The van der Waals surface area contributed by atoms with Crippen molar-refractivity contribution in [3.05, 3.63) is 89.4 Å². The van der Waals surface area contributed by atoms with E-state index < -0.39 is 46.3 Å². The predicted molar refractivity (Wildman–Crippen MR) is 124 cm³/mol. The smallest absolute Gasteiger partial charge is 0.337 e. The highest BCUT2D eigenvalue weighted by Gasteiger charge is 2.36. The number of alkyl halides is 3. The Balaban J connectivity index is 1.55. The lowest BCUT2D eigenvalue weighted by atomic mass is 10.0. The van der Waals surface area contributed by atoms with Crippen LogP contribution in [-0.2, 0) is 6.18 Å². The van der Waals surface area contributed by atoms with Crippen molar-refractivity contribution in [1.29, 1.82) is 0 Å². The van der Waals surface area contributed by atoms with Gasteiger partial charge in [0.2, 0.25) is 0 Å². The van der Waals surface area contributed by atoms with Gasteiger partial charge in [-0.2, -0.15) is 18.3 Å². The van der Waals surface area contributed by atoms with Gasteiger partial charge in [0, 0.05) is 37.1 Å². The van der Waals surface area contributed by atoms with Crippen LogP contribution in [0.1, 0.15) is 32.8 Å². The summed E-state index contributed by atoms with van der Waals surface area (Å²) in [7, 11) is 0. The van der Waals surface area contributed by atoms with Crippen molar-refractivity contribution in [2.24, 2.45) is 0 Å². The number of likely N-dealkylation sites (tertiary alicyclic amines) is 1. The normalized spacial score (nSPS) is 13.2. The second-order valence-electron chi connectivity index (χ2n) is 8.35. The van der Waals surface area contributed by atoms with Crippen LogP contribution in [-0.4, -0.2) is 49.6 Å². The minimum absolute atomic E-state index is 0.0319. The van der Waals surface area contributed by atoms with Crippen LogP contribution in [0.2, 0.25) is 0 Å². The monoisotopic (exact) mass is 528 g/mol. The molecule has 2 aromatic carbocycles. The molecule has 0 bridgehead atoms. The first-order chi connectivity index (χ1) is 18.1. The highest BCUT2D eigenvalue weighted by molar-refractivity contribution is 6.05. The summed E-state index contributed by atoms with van der Waals surface area (Å²) in [5, 5.41) is 6.62. The van der Waals surface area contributed by atoms with Crippen molar-refractivity contribution in [2.75, 3.05) is 18.4 Å². The molecule has 1 aliphatic heterocycles. The maximum absolute atomic E-state index is 14.9. The second kappa shape index (κ2) is 9.65. The lowest BCUT2D eigenvalue weighted by molar-refractivity contribution is -0.137. The first kappa shape index (κ1) is 25.0. The van der Waals surface area contributed by atoms with Gasteiger partial charge in [-0.15, -0.1) is 0 Å². The molecule has 2 amide bonds. The Morgan fingerprint density at radius 3 is 2.24 bits per heavy atom. The van der Waals surface area contributed by atoms with E-state index in [1.165, 1.54) is 41.6 Å². The number of carbonyl (C=O) groups excluding carboxylic acids is 2. The average Bonchev–Trinajstić information content (AvgIpc) is 3.27. The van der Waals surface area contributed by atoms with Crippen molar-refractivity contribution in [3.63, 3.8) is 0 Å². The summed E-state index contributed by atoms with van der Waals surface area (Å²) in [5.74, 6) is -3.92. The summed E-state index contributed by atoms with van der Waals surface area (Å²) in [6.07, 6.45) is -1.70. The topological polar surface area (TPSA) is 93.0 Å². The van der Waals surface area contributed by atoms with E-state index in [1.807, 2.05) is 0 Å². The van der Waals surface area contributed by atoms with E-state index in [4.69, 9.17) is 0 Å². The fourth-order valence-electron chi connectivity index (χ4n) is 3.82. The summed E-state index contributed by atoms with van der Waals surface area (Å²) in [5.41, 5.74) is -2.42. The van der Waals surface area contributed by atoms with Gasteiger partial charge in [-0.1, -0.05) is 0 Å². The van der Waals surface area contributed by atoms with E-state index in [9.17, 15) is 31.5 Å². The summed E-state index contributed by atoms with van der Waals surface area (Å²) in [6, 6.07) is 8.54. The molecule has 194 valence electrons. The third kappa shape index (κ3) is 4.82. The van der Waals surface area contributed by atoms with Crippen LogP contribution in [0.25, 0.3) is 17.1 Å². The van der Waals surface area contributed by atoms with Crippen LogP contribution in [0.15, 0.2) is 60.9 Å². The van der Waals surface area contributed by atoms with Crippen LogP contribution in [0.5, 0.6) is 0 Å². The van der Waals surface area contributed by atoms with Crippen LogP contribution in [0.3, 0.4) is 0 Å². The summed E-state index contributed by atoms with van der Waals surface area (Å²) in [6.45, 7) is 1.07. The number of benzene rings is 2. The zero-order valence-electron chi connectivity index (χ0n) is 19.3. The quantitative estimate of drug-likeness (QED) is 0.379. The van der Waals surface area contributed by atoms with Gasteiger partial charge in [0.15, 0.2) is 11.5 Å². The van der Waals surface area contributed by atoms with Crippen LogP contribution >= 0.6 is 0 Å². The molecule has 13 heteroatoms. The highest BCUT2D eigenvalue weighted by atomic mass is 19.4. The number of amides is 2. The van der Waals surface area contributed by atoms with Gasteiger partial charge in [0.05, 0.1) is 16.8 Å². The van der Waals surface area contributed by atoms with Gasteiger partial charge >= 0.3 is 6.18 Å². The summed E-state index contributed by atoms with van der Waals surface area (Å²) in [4.78, 5) is 35.0. The van der Waals surface area contributed by atoms with Crippen LogP contribution in [0.4, 0.5) is 27.8 Å². The molecule has 1 aliphatic rings. The fourth-order valence-corrected chi connectivity index (χ4v) is 3.82. The predicted octanol–water partition coefficient (Wildman–Crippen LogP) is 4.72. The molecular formula is C25H17F5N6O2. The number of rotatable bonds is 5. The van der Waals surface area contributed by atoms with Crippen LogP contribution in [0, 0.1) is 11.6 Å². The lowest BCUT2D eigenvalue weighted by Gasteiger charge is -2.29. The van der Waals surface area contributed by atoms with Crippen molar-refractivity contribution in [1.82, 2.24) is 24.6 Å². The van der Waals surface area contributed by atoms with Gasteiger partial charge in [0.1, 0.15) is 17.5 Å². The number of anilines is 1. The number of hydrogen-bond donors (Lipinski definition) is 1. The van der Waals surface area contributed by atoms with Gasteiger partial charge in [-0.05, 0) is 48.9 Å². The lowest BCUT2D eigenvalue weighted by Crippen LogP contribution is -2.42. The molecule has 4 aromatic rings. The molecule has 1 fully saturated rings. The van der Waals surface area contributed by atoms with Gasteiger partial charge in [-0.3, -0.25) is 9.59 Å². The number of halogens is 5. The molecule has 0 unspecified atom stereocenters. The van der Waals surface area contributed by atoms with Gasteiger partial charge in [-0.25, -0.2) is 23.4 Å². The Hall–Kier alpha value is -4.68. The van der Waals surface area contributed by atoms with Crippen molar-refractivity contribution in [3.8, 4) is 17.1 Å². The molecular weight excluding hydrogens is 511 g/mol. The molecule has 1 saturated heterocycles. The highest BCUT2D eigenvalue weighted by Crippen LogP contribution is 2.37. The molecule has 0 radical (unpaired) electrons. The molecule has 5 rings (SSSR count). The van der Waals surface area contributed by atoms with Crippen molar-refractivity contribution in [2.45, 2.75) is 12.6 Å². The third-order valence-corrected chi connectivity index (χ3v) is 5.85. The van der Waals surface area contributed by atoms with E-state index in [-0.39, 0.29) is 29.1 Å². The third-order valence-electron chi connectivity index (χ3n) is 5.85. The Morgan fingerprint density at radius 2 is 1.63 bits per heavy atom. The Kier molecular flexibility index (Phi) is 6.35. The maximum Gasteiger partial charge on any atom is 0.417 e. The standard InChI is InChI=1S/C25H17F5N6O2/c26-14-3-5-15(6-4-14)36-21(13-20(34-36)24(38)35-9-2-10-35)33-23(37)17-11-16(22-31-7-1-8-32-22)18(12-19(17)27)25(28,29)30/h1,3-8,11-13H,2,9-10H2,(H,33,37). The van der Waals surface area contributed by atoms with Gasteiger partial charge in [0.25, 0.3) is 11.8 Å². The molecule has 38 heavy (non-hydrogen) atoms. The van der Waals surface area contributed by atoms with E-state index in [0.29, 0.717) is 19.2 Å². The zero-order chi connectivity index (χ0) is 27.0. The van der Waals surface area contributed by atoms with E-state index in [0.717, 1.165) is 23.2 Å². The summed E-state index contributed by atoms with van der Waals surface area (Å²) >= 11 is 0. The zero-order valence-corrected chi connectivity index (χ0v) is 19.3. The minimum atomic E-state index is -4.95. The molecule has 8 nitrogen and oxygen atoms in total.